The van der Waals surface area contributed by atoms with Crippen LogP contribution in [0, 0.1) is 13.8 Å². The van der Waals surface area contributed by atoms with Crippen molar-refractivity contribution < 1.29 is 19.1 Å². The number of carboxylic acid groups (broad SMARTS) is 1. The molecule has 6 heteroatoms. The van der Waals surface area contributed by atoms with E-state index in [9.17, 15) is 9.59 Å². The van der Waals surface area contributed by atoms with Crippen molar-refractivity contribution in [1.29, 1.82) is 0 Å². The number of hydrogen-bond donors (Lipinski definition) is 1. The molecule has 0 bridgehead atoms. The van der Waals surface area contributed by atoms with Crippen molar-refractivity contribution in [3.8, 4) is 0 Å². The highest BCUT2D eigenvalue weighted by atomic mass is 16.4. The first-order valence-corrected chi connectivity index (χ1v) is 5.98. The van der Waals surface area contributed by atoms with Crippen LogP contribution in [0.15, 0.2) is 4.42 Å². The zero-order valence-electron chi connectivity index (χ0n) is 10.5. The fourth-order valence-corrected chi connectivity index (χ4v) is 2.29. The third-order valence-corrected chi connectivity index (χ3v) is 3.15. The van der Waals surface area contributed by atoms with E-state index in [0.717, 1.165) is 12.8 Å². The van der Waals surface area contributed by atoms with Crippen molar-refractivity contribution in [3.05, 3.63) is 17.3 Å². The van der Waals surface area contributed by atoms with E-state index in [1.807, 2.05) is 0 Å². The normalized spacial score (nSPS) is 19.9. The van der Waals surface area contributed by atoms with Gasteiger partial charge in [-0.15, -0.1) is 0 Å². The topological polar surface area (TPSA) is 83.6 Å². The Kier molecular flexibility index (Phi) is 3.36. The Labute approximate surface area is 105 Å². The molecule has 1 N–H and O–H groups in total. The number of nitrogens with zero attached hydrogens (tertiary/aromatic N) is 2. The quantitative estimate of drug-likeness (QED) is 0.859. The number of rotatable bonds is 2. The van der Waals surface area contributed by atoms with Gasteiger partial charge in [-0.05, 0) is 26.2 Å². The molecule has 1 aromatic rings. The molecule has 0 aromatic carbocycles. The zero-order chi connectivity index (χ0) is 13.3. The number of amides is 1. The summed E-state index contributed by atoms with van der Waals surface area (Å²) in [7, 11) is 0. The number of carboxylic acids is 1. The monoisotopic (exact) mass is 252 g/mol. The Hall–Kier alpha value is -1.85. The highest BCUT2D eigenvalue weighted by molar-refractivity contribution is 5.95. The molecule has 1 saturated heterocycles. The summed E-state index contributed by atoms with van der Waals surface area (Å²) in [6.07, 6.45) is 2.14. The van der Waals surface area contributed by atoms with Crippen LogP contribution in [0.25, 0.3) is 0 Å². The van der Waals surface area contributed by atoms with Crippen LogP contribution in [0.5, 0.6) is 0 Å². The van der Waals surface area contributed by atoms with Crippen molar-refractivity contribution in [2.45, 2.75) is 39.2 Å². The second-order valence-corrected chi connectivity index (χ2v) is 4.50. The smallest absolute Gasteiger partial charge is 0.326 e. The number of likely N-dealkylation sites (tertiary alicyclic amines) is 1. The lowest BCUT2D eigenvalue weighted by molar-refractivity contribution is -0.143. The maximum Gasteiger partial charge on any atom is 0.326 e. The van der Waals surface area contributed by atoms with Crippen LogP contribution in [0.1, 0.15) is 41.4 Å². The van der Waals surface area contributed by atoms with Gasteiger partial charge in [0, 0.05) is 13.5 Å². The summed E-state index contributed by atoms with van der Waals surface area (Å²) in [5.41, 5.74) is 0.507. The minimum absolute atomic E-state index is 0.153. The lowest BCUT2D eigenvalue weighted by atomic mass is 10.0. The van der Waals surface area contributed by atoms with Gasteiger partial charge in [-0.2, -0.15) is 0 Å². The molecule has 2 heterocycles. The molecule has 0 radical (unpaired) electrons. The van der Waals surface area contributed by atoms with Crippen molar-refractivity contribution in [2.24, 2.45) is 0 Å². The summed E-state index contributed by atoms with van der Waals surface area (Å²) in [4.78, 5) is 28.8. The molecular formula is C12H16N2O4. The fraction of sp³-hybridized carbons (Fsp3) is 0.583. The first kappa shape index (κ1) is 12.6. The third-order valence-electron chi connectivity index (χ3n) is 3.15. The van der Waals surface area contributed by atoms with E-state index in [4.69, 9.17) is 9.52 Å². The lowest BCUT2D eigenvalue weighted by Crippen LogP contribution is -2.48. The van der Waals surface area contributed by atoms with Crippen LogP contribution in [-0.2, 0) is 4.79 Å². The Balaban J connectivity index is 2.26. The molecule has 1 fully saturated rings. The maximum absolute atomic E-state index is 12.3. The lowest BCUT2D eigenvalue weighted by Gasteiger charge is -2.32. The number of aliphatic carboxylic acids is 1. The van der Waals surface area contributed by atoms with Crippen molar-refractivity contribution in [3.63, 3.8) is 0 Å². The summed E-state index contributed by atoms with van der Waals surface area (Å²) in [5, 5.41) is 9.14. The van der Waals surface area contributed by atoms with Gasteiger partial charge in [0.05, 0.1) is 5.69 Å². The van der Waals surface area contributed by atoms with E-state index in [-0.39, 0.29) is 11.7 Å². The number of aromatic nitrogens is 1. The molecule has 0 saturated carbocycles. The van der Waals surface area contributed by atoms with Gasteiger partial charge < -0.3 is 14.4 Å². The van der Waals surface area contributed by atoms with Crippen molar-refractivity contribution >= 4 is 11.9 Å². The highest BCUT2D eigenvalue weighted by Gasteiger charge is 2.34. The Bertz CT molecular complexity index is 480. The Morgan fingerprint density at radius 3 is 2.67 bits per heavy atom. The number of carbonyl (C=O) groups is 2. The SMILES string of the molecule is Cc1nc(C)c(C(=O)N2CCCC[C@H]2C(=O)O)o1. The summed E-state index contributed by atoms with van der Waals surface area (Å²) < 4.78 is 5.26. The Morgan fingerprint density at radius 1 is 1.39 bits per heavy atom. The van der Waals surface area contributed by atoms with Gasteiger partial charge in [-0.25, -0.2) is 9.78 Å². The molecule has 1 aliphatic rings. The van der Waals surface area contributed by atoms with Gasteiger partial charge in [-0.1, -0.05) is 0 Å². The molecule has 0 unspecified atom stereocenters. The number of hydrogen-bond acceptors (Lipinski definition) is 4. The van der Waals surface area contributed by atoms with Crippen LogP contribution < -0.4 is 0 Å². The van der Waals surface area contributed by atoms with E-state index in [1.165, 1.54) is 4.90 Å². The maximum atomic E-state index is 12.3. The highest BCUT2D eigenvalue weighted by Crippen LogP contribution is 2.21. The predicted octanol–water partition coefficient (Wildman–Crippen LogP) is 1.37. The summed E-state index contributed by atoms with van der Waals surface area (Å²) in [5.74, 6) is -0.766. The van der Waals surface area contributed by atoms with Crippen LogP contribution in [0.4, 0.5) is 0 Å². The van der Waals surface area contributed by atoms with E-state index < -0.39 is 12.0 Å². The first-order chi connectivity index (χ1) is 8.50. The van der Waals surface area contributed by atoms with Crippen molar-refractivity contribution in [2.75, 3.05) is 6.54 Å². The number of aryl methyl sites for hydroxylation is 2. The standard InChI is InChI=1S/C12H16N2O4/c1-7-10(18-8(2)13-7)11(15)14-6-4-3-5-9(14)12(16)17/h9H,3-6H2,1-2H3,(H,16,17)/t9-/m0/s1. The zero-order valence-corrected chi connectivity index (χ0v) is 10.5. The van der Waals surface area contributed by atoms with E-state index in [0.29, 0.717) is 24.6 Å². The fourth-order valence-electron chi connectivity index (χ4n) is 2.29. The van der Waals surface area contributed by atoms with Crippen LogP contribution in [-0.4, -0.2) is 39.5 Å². The van der Waals surface area contributed by atoms with Gasteiger partial charge in [0.25, 0.3) is 5.91 Å². The molecule has 1 aliphatic heterocycles. The van der Waals surface area contributed by atoms with Crippen LogP contribution in [0.2, 0.25) is 0 Å². The van der Waals surface area contributed by atoms with Crippen molar-refractivity contribution in [1.82, 2.24) is 9.88 Å². The largest absolute Gasteiger partial charge is 0.480 e. The number of carbonyl (C=O) groups excluding carboxylic acids is 1. The molecule has 1 aromatic heterocycles. The van der Waals surface area contributed by atoms with Gasteiger partial charge in [0.15, 0.2) is 5.89 Å². The summed E-state index contributed by atoms with van der Waals surface area (Å²) in [6.45, 7) is 3.80. The second kappa shape index (κ2) is 4.80. The molecule has 6 nitrogen and oxygen atoms in total. The van der Waals surface area contributed by atoms with Gasteiger partial charge >= 0.3 is 5.97 Å². The van der Waals surface area contributed by atoms with Gasteiger partial charge in [0.1, 0.15) is 6.04 Å². The molecule has 1 amide bonds. The molecular weight excluding hydrogens is 236 g/mol. The van der Waals surface area contributed by atoms with Gasteiger partial charge in [0.2, 0.25) is 5.76 Å². The Morgan fingerprint density at radius 2 is 2.11 bits per heavy atom. The molecule has 0 aliphatic carbocycles. The number of oxazole rings is 1. The van der Waals surface area contributed by atoms with Crippen LogP contribution in [0.3, 0.4) is 0 Å². The first-order valence-electron chi connectivity index (χ1n) is 5.98. The molecule has 98 valence electrons. The molecule has 1 atom stereocenters. The summed E-state index contributed by atoms with van der Waals surface area (Å²) >= 11 is 0. The third kappa shape index (κ3) is 2.23. The van der Waals surface area contributed by atoms with E-state index in [2.05, 4.69) is 4.98 Å². The van der Waals surface area contributed by atoms with E-state index >= 15 is 0 Å². The van der Waals surface area contributed by atoms with E-state index in [1.54, 1.807) is 13.8 Å². The van der Waals surface area contributed by atoms with Crippen LogP contribution >= 0.6 is 0 Å². The summed E-state index contributed by atoms with van der Waals surface area (Å²) in [6, 6.07) is -0.754. The van der Waals surface area contributed by atoms with Gasteiger partial charge in [-0.3, -0.25) is 4.79 Å². The second-order valence-electron chi connectivity index (χ2n) is 4.50. The average Bonchev–Trinajstić information content (AvgIpc) is 2.67. The molecule has 18 heavy (non-hydrogen) atoms. The average molecular weight is 252 g/mol. The minimum Gasteiger partial charge on any atom is -0.480 e. The minimum atomic E-state index is -0.961. The molecule has 0 spiro atoms. The number of piperidine rings is 1. The molecule has 2 rings (SSSR count). The predicted molar refractivity (Wildman–Crippen MR) is 62.3 cm³/mol.